The molecule has 84 valence electrons. The van der Waals surface area contributed by atoms with Gasteiger partial charge in [0.05, 0.1) is 29.7 Å². The molecule has 1 aliphatic heterocycles. The smallest absolute Gasteiger partial charge is 0.230 e. The predicted octanol–water partition coefficient (Wildman–Crippen LogP) is 2.32. The first-order valence-corrected chi connectivity index (χ1v) is 5.42. The van der Waals surface area contributed by atoms with E-state index in [1.54, 1.807) is 6.20 Å². The Bertz CT molecular complexity index is 566. The van der Waals surface area contributed by atoms with Crippen molar-refractivity contribution in [3.8, 4) is 0 Å². The second-order valence-electron chi connectivity index (χ2n) is 3.93. The maximum atomic E-state index is 11.2. The number of nitrogens with one attached hydrogen (secondary N) is 2. The SMILES string of the molecule is O=C1Cc2ncc(Nc3ccccc3)cc2N1. The van der Waals surface area contributed by atoms with E-state index in [1.807, 2.05) is 36.4 Å². The van der Waals surface area contributed by atoms with Crippen molar-refractivity contribution in [1.29, 1.82) is 0 Å². The highest BCUT2D eigenvalue weighted by Gasteiger charge is 2.18. The molecule has 0 fully saturated rings. The summed E-state index contributed by atoms with van der Waals surface area (Å²) in [6.07, 6.45) is 2.12. The first-order chi connectivity index (χ1) is 8.31. The van der Waals surface area contributed by atoms with Gasteiger partial charge in [0.15, 0.2) is 0 Å². The molecule has 0 spiro atoms. The van der Waals surface area contributed by atoms with Crippen molar-refractivity contribution in [2.24, 2.45) is 0 Å². The Labute approximate surface area is 98.7 Å². The number of amides is 1. The summed E-state index contributed by atoms with van der Waals surface area (Å²) in [5.41, 5.74) is 3.49. The minimum absolute atomic E-state index is 0.00404. The lowest BCUT2D eigenvalue weighted by Gasteiger charge is -2.07. The fourth-order valence-electron chi connectivity index (χ4n) is 1.85. The summed E-state index contributed by atoms with van der Waals surface area (Å²) in [6.45, 7) is 0. The summed E-state index contributed by atoms with van der Waals surface area (Å²) in [4.78, 5) is 15.5. The number of carbonyl (C=O) groups excluding carboxylic acids is 1. The van der Waals surface area contributed by atoms with Crippen molar-refractivity contribution in [2.45, 2.75) is 6.42 Å². The largest absolute Gasteiger partial charge is 0.354 e. The van der Waals surface area contributed by atoms with Gasteiger partial charge >= 0.3 is 0 Å². The fourth-order valence-corrected chi connectivity index (χ4v) is 1.85. The maximum absolute atomic E-state index is 11.2. The van der Waals surface area contributed by atoms with Gasteiger partial charge in [0, 0.05) is 5.69 Å². The van der Waals surface area contributed by atoms with Crippen LogP contribution >= 0.6 is 0 Å². The van der Waals surface area contributed by atoms with Gasteiger partial charge in [-0.1, -0.05) is 18.2 Å². The number of para-hydroxylation sites is 1. The molecule has 0 radical (unpaired) electrons. The van der Waals surface area contributed by atoms with Gasteiger partial charge in [0.2, 0.25) is 5.91 Å². The van der Waals surface area contributed by atoms with Crippen LogP contribution in [0.2, 0.25) is 0 Å². The van der Waals surface area contributed by atoms with Gasteiger partial charge in [0.25, 0.3) is 0 Å². The molecular weight excluding hydrogens is 214 g/mol. The van der Waals surface area contributed by atoms with E-state index in [0.717, 1.165) is 22.8 Å². The first kappa shape index (κ1) is 9.84. The molecule has 1 aromatic heterocycles. The highest BCUT2D eigenvalue weighted by Crippen LogP contribution is 2.25. The predicted molar refractivity (Wildman–Crippen MR) is 66.3 cm³/mol. The number of benzene rings is 1. The van der Waals surface area contributed by atoms with Crippen LogP contribution in [-0.2, 0) is 11.2 Å². The quantitative estimate of drug-likeness (QED) is 0.824. The highest BCUT2D eigenvalue weighted by atomic mass is 16.1. The van der Waals surface area contributed by atoms with Crippen LogP contribution in [0.3, 0.4) is 0 Å². The minimum Gasteiger partial charge on any atom is -0.354 e. The standard InChI is InChI=1S/C13H11N3O/c17-13-7-11-12(16-13)6-10(8-14-11)15-9-4-2-1-3-5-9/h1-6,8,15H,7H2,(H,16,17). The third-order valence-corrected chi connectivity index (χ3v) is 2.63. The third kappa shape index (κ3) is 1.97. The monoisotopic (exact) mass is 225 g/mol. The number of rotatable bonds is 2. The molecule has 0 unspecified atom stereocenters. The Kier molecular flexibility index (Phi) is 2.26. The number of carbonyl (C=O) groups is 1. The Morgan fingerprint density at radius 1 is 1.18 bits per heavy atom. The molecule has 0 bridgehead atoms. The molecule has 0 atom stereocenters. The Morgan fingerprint density at radius 2 is 2.00 bits per heavy atom. The Hall–Kier alpha value is -2.36. The maximum Gasteiger partial charge on any atom is 0.230 e. The molecule has 17 heavy (non-hydrogen) atoms. The van der Waals surface area contributed by atoms with E-state index in [-0.39, 0.29) is 5.91 Å². The van der Waals surface area contributed by atoms with E-state index in [4.69, 9.17) is 0 Å². The number of fused-ring (bicyclic) bond motifs is 1. The second kappa shape index (κ2) is 3.90. The summed E-state index contributed by atoms with van der Waals surface area (Å²) < 4.78 is 0. The van der Waals surface area contributed by atoms with Gasteiger partial charge in [-0.2, -0.15) is 0 Å². The summed E-state index contributed by atoms with van der Waals surface area (Å²) in [5.74, 6) is 0.00404. The van der Waals surface area contributed by atoms with Crippen molar-refractivity contribution in [3.05, 3.63) is 48.3 Å². The zero-order valence-corrected chi connectivity index (χ0v) is 9.10. The average Bonchev–Trinajstić information content (AvgIpc) is 2.70. The van der Waals surface area contributed by atoms with E-state index in [1.165, 1.54) is 0 Å². The molecule has 2 N–H and O–H groups in total. The Balaban J connectivity index is 1.86. The van der Waals surface area contributed by atoms with Crippen molar-refractivity contribution >= 4 is 23.0 Å². The second-order valence-corrected chi connectivity index (χ2v) is 3.93. The van der Waals surface area contributed by atoms with Crippen LogP contribution in [0.5, 0.6) is 0 Å². The summed E-state index contributed by atoms with van der Waals surface area (Å²) in [6, 6.07) is 11.8. The van der Waals surface area contributed by atoms with E-state index in [9.17, 15) is 4.79 Å². The van der Waals surface area contributed by atoms with Crippen molar-refractivity contribution in [3.63, 3.8) is 0 Å². The molecule has 1 aliphatic rings. The van der Waals surface area contributed by atoms with Crippen molar-refractivity contribution < 1.29 is 4.79 Å². The molecule has 4 heteroatoms. The minimum atomic E-state index is 0.00404. The lowest BCUT2D eigenvalue weighted by Crippen LogP contribution is -2.03. The van der Waals surface area contributed by atoms with Crippen LogP contribution in [0, 0.1) is 0 Å². The molecule has 0 aliphatic carbocycles. The summed E-state index contributed by atoms with van der Waals surface area (Å²) in [7, 11) is 0. The topological polar surface area (TPSA) is 54.0 Å². The van der Waals surface area contributed by atoms with Crippen LogP contribution in [0.4, 0.5) is 17.1 Å². The van der Waals surface area contributed by atoms with Gasteiger partial charge in [0.1, 0.15) is 0 Å². The molecule has 4 nitrogen and oxygen atoms in total. The number of anilines is 3. The number of hydrogen-bond donors (Lipinski definition) is 2. The lowest BCUT2D eigenvalue weighted by atomic mass is 10.2. The average molecular weight is 225 g/mol. The zero-order chi connectivity index (χ0) is 11.7. The van der Waals surface area contributed by atoms with Gasteiger partial charge in [-0.3, -0.25) is 9.78 Å². The van der Waals surface area contributed by atoms with E-state index < -0.39 is 0 Å². The van der Waals surface area contributed by atoms with Crippen LogP contribution in [0.25, 0.3) is 0 Å². The first-order valence-electron chi connectivity index (χ1n) is 5.42. The van der Waals surface area contributed by atoms with Gasteiger partial charge < -0.3 is 10.6 Å². The molecule has 1 amide bonds. The fraction of sp³-hybridized carbons (Fsp3) is 0.0769. The van der Waals surface area contributed by atoms with E-state index in [0.29, 0.717) is 6.42 Å². The van der Waals surface area contributed by atoms with Crippen LogP contribution in [0.15, 0.2) is 42.6 Å². The lowest BCUT2D eigenvalue weighted by molar-refractivity contribution is -0.115. The molecule has 0 saturated heterocycles. The number of hydrogen-bond acceptors (Lipinski definition) is 3. The van der Waals surface area contributed by atoms with Gasteiger partial charge in [-0.05, 0) is 18.2 Å². The molecule has 3 rings (SSSR count). The van der Waals surface area contributed by atoms with Crippen LogP contribution in [-0.4, -0.2) is 10.9 Å². The van der Waals surface area contributed by atoms with E-state index in [2.05, 4.69) is 15.6 Å². The summed E-state index contributed by atoms with van der Waals surface area (Å²) >= 11 is 0. The molecule has 2 heterocycles. The van der Waals surface area contributed by atoms with E-state index >= 15 is 0 Å². The Morgan fingerprint density at radius 3 is 2.82 bits per heavy atom. The van der Waals surface area contributed by atoms with Gasteiger partial charge in [-0.15, -0.1) is 0 Å². The number of nitrogens with zero attached hydrogens (tertiary/aromatic N) is 1. The third-order valence-electron chi connectivity index (χ3n) is 2.63. The summed E-state index contributed by atoms with van der Waals surface area (Å²) in [5, 5.41) is 6.02. The molecule has 2 aromatic rings. The molecular formula is C13H11N3O. The van der Waals surface area contributed by atoms with Crippen LogP contribution in [0.1, 0.15) is 5.69 Å². The van der Waals surface area contributed by atoms with Crippen molar-refractivity contribution in [1.82, 2.24) is 4.98 Å². The highest BCUT2D eigenvalue weighted by molar-refractivity contribution is 5.99. The van der Waals surface area contributed by atoms with Gasteiger partial charge in [-0.25, -0.2) is 0 Å². The normalized spacial score (nSPS) is 13.1. The molecule has 1 aromatic carbocycles. The molecule has 0 saturated carbocycles. The zero-order valence-electron chi connectivity index (χ0n) is 9.10. The van der Waals surface area contributed by atoms with Crippen molar-refractivity contribution in [2.75, 3.05) is 10.6 Å². The number of aromatic nitrogens is 1. The number of pyridine rings is 1. The van der Waals surface area contributed by atoms with Crippen LogP contribution < -0.4 is 10.6 Å².